The van der Waals surface area contributed by atoms with E-state index in [0.717, 1.165) is 24.3 Å². The Balaban J connectivity index is 1.44. The summed E-state index contributed by atoms with van der Waals surface area (Å²) in [6, 6.07) is 7.62. The van der Waals surface area contributed by atoms with Crippen LogP contribution in [0.3, 0.4) is 0 Å². The van der Waals surface area contributed by atoms with Gasteiger partial charge in [0.15, 0.2) is 29.1 Å². The molecule has 8 heteroatoms. The molecule has 24 heavy (non-hydrogen) atoms. The van der Waals surface area contributed by atoms with E-state index in [4.69, 9.17) is 14.0 Å². The van der Waals surface area contributed by atoms with Crippen molar-refractivity contribution in [3.8, 4) is 23.1 Å². The maximum absolute atomic E-state index is 5.92. The average Bonchev–Trinajstić information content (AvgIpc) is 3.24. The molecule has 3 heterocycles. The molecule has 4 rings (SSSR count). The van der Waals surface area contributed by atoms with Crippen molar-refractivity contribution in [3.05, 3.63) is 36.3 Å². The van der Waals surface area contributed by atoms with Crippen LogP contribution in [0.5, 0.6) is 11.5 Å². The van der Waals surface area contributed by atoms with Crippen molar-refractivity contribution in [1.82, 2.24) is 25.1 Å². The zero-order chi connectivity index (χ0) is 16.4. The van der Waals surface area contributed by atoms with Gasteiger partial charge in [-0.3, -0.25) is 0 Å². The number of fused-ring (bicyclic) bond motifs is 1. The van der Waals surface area contributed by atoms with Crippen LogP contribution in [-0.4, -0.2) is 37.8 Å². The van der Waals surface area contributed by atoms with Gasteiger partial charge >= 0.3 is 0 Å². The highest BCUT2D eigenvalue weighted by Crippen LogP contribution is 2.31. The first kappa shape index (κ1) is 14.7. The van der Waals surface area contributed by atoms with E-state index < -0.39 is 0 Å². The summed E-state index contributed by atoms with van der Waals surface area (Å²) >= 11 is 0. The monoisotopic (exact) mass is 327 g/mol. The largest absolute Gasteiger partial charge is 0.486 e. The van der Waals surface area contributed by atoms with Gasteiger partial charge in [-0.15, -0.1) is 5.10 Å². The van der Waals surface area contributed by atoms with Crippen LogP contribution in [-0.2, 0) is 13.0 Å². The summed E-state index contributed by atoms with van der Waals surface area (Å²) in [5, 5.41) is 12.1. The van der Waals surface area contributed by atoms with Crippen molar-refractivity contribution in [2.45, 2.75) is 32.4 Å². The lowest BCUT2D eigenvalue weighted by molar-refractivity contribution is 0.0755. The minimum Gasteiger partial charge on any atom is -0.486 e. The Morgan fingerprint density at radius 1 is 1.25 bits per heavy atom. The standard InChI is InChI=1S/C16H17N5O3/c1-2-5-15-17-16(24-19-15)12-9-21(20-18-12)8-11-10-22-13-6-3-4-7-14(13)23-11/h3-4,6-7,9,11H,2,5,8,10H2,1H3. The maximum atomic E-state index is 5.92. The molecule has 0 bridgehead atoms. The second-order valence-corrected chi connectivity index (χ2v) is 5.59. The minimum atomic E-state index is -0.132. The number of ether oxygens (including phenoxy) is 2. The van der Waals surface area contributed by atoms with Crippen LogP contribution in [0.2, 0.25) is 0 Å². The normalized spacial score (nSPS) is 16.3. The number of aryl methyl sites for hydroxylation is 1. The van der Waals surface area contributed by atoms with Crippen molar-refractivity contribution >= 4 is 0 Å². The van der Waals surface area contributed by atoms with Crippen molar-refractivity contribution in [2.24, 2.45) is 0 Å². The molecule has 0 radical (unpaired) electrons. The lowest BCUT2D eigenvalue weighted by atomic mass is 10.2. The predicted octanol–water partition coefficient (Wildman–Crippen LogP) is 2.12. The Labute approximate surface area is 138 Å². The molecule has 8 nitrogen and oxygen atoms in total. The Bertz CT molecular complexity index is 828. The van der Waals surface area contributed by atoms with Crippen molar-refractivity contribution < 1.29 is 14.0 Å². The zero-order valence-electron chi connectivity index (χ0n) is 13.3. The summed E-state index contributed by atoms with van der Waals surface area (Å²) in [6.07, 6.45) is 3.39. The third-order valence-electron chi connectivity index (χ3n) is 3.66. The van der Waals surface area contributed by atoms with Crippen LogP contribution >= 0.6 is 0 Å². The van der Waals surface area contributed by atoms with Crippen LogP contribution < -0.4 is 9.47 Å². The van der Waals surface area contributed by atoms with Gasteiger partial charge in [0.2, 0.25) is 0 Å². The Kier molecular flexibility index (Phi) is 3.86. The summed E-state index contributed by atoms with van der Waals surface area (Å²) in [7, 11) is 0. The third-order valence-corrected chi connectivity index (χ3v) is 3.66. The number of hydrogen-bond donors (Lipinski definition) is 0. The van der Waals surface area contributed by atoms with Crippen LogP contribution in [0.4, 0.5) is 0 Å². The summed E-state index contributed by atoms with van der Waals surface area (Å²) in [6.45, 7) is 3.06. The first-order chi connectivity index (χ1) is 11.8. The van der Waals surface area contributed by atoms with Gasteiger partial charge in [0.05, 0.1) is 12.7 Å². The van der Waals surface area contributed by atoms with E-state index >= 15 is 0 Å². The van der Waals surface area contributed by atoms with Gasteiger partial charge < -0.3 is 14.0 Å². The van der Waals surface area contributed by atoms with E-state index in [1.165, 1.54) is 0 Å². The fraction of sp³-hybridized carbons (Fsp3) is 0.375. The molecule has 1 aromatic carbocycles. The number of nitrogens with zero attached hydrogens (tertiary/aromatic N) is 5. The van der Waals surface area contributed by atoms with E-state index in [9.17, 15) is 0 Å². The Hall–Kier alpha value is -2.90. The summed E-state index contributed by atoms with van der Waals surface area (Å²) < 4.78 is 18.5. The smallest absolute Gasteiger partial charge is 0.280 e. The molecular formula is C16H17N5O3. The minimum absolute atomic E-state index is 0.132. The van der Waals surface area contributed by atoms with E-state index in [1.54, 1.807) is 10.9 Å². The molecule has 1 unspecified atom stereocenters. The summed E-state index contributed by atoms with van der Waals surface area (Å²) in [5.41, 5.74) is 0.557. The lowest BCUT2D eigenvalue weighted by Crippen LogP contribution is -2.33. The molecule has 1 aliphatic heterocycles. The highest BCUT2D eigenvalue weighted by atomic mass is 16.6. The molecule has 1 aliphatic rings. The first-order valence-corrected chi connectivity index (χ1v) is 7.93. The van der Waals surface area contributed by atoms with E-state index in [0.29, 0.717) is 30.6 Å². The molecule has 0 saturated heterocycles. The molecule has 3 aromatic rings. The second-order valence-electron chi connectivity index (χ2n) is 5.59. The predicted molar refractivity (Wildman–Crippen MR) is 83.7 cm³/mol. The average molecular weight is 327 g/mol. The number of para-hydroxylation sites is 2. The van der Waals surface area contributed by atoms with Crippen molar-refractivity contribution in [1.29, 1.82) is 0 Å². The fourth-order valence-corrected chi connectivity index (χ4v) is 2.53. The van der Waals surface area contributed by atoms with Gasteiger partial charge in [-0.05, 0) is 18.6 Å². The molecule has 0 N–H and O–H groups in total. The fourth-order valence-electron chi connectivity index (χ4n) is 2.53. The van der Waals surface area contributed by atoms with Gasteiger partial charge in [-0.1, -0.05) is 29.4 Å². The number of aromatic nitrogens is 5. The van der Waals surface area contributed by atoms with Crippen LogP contribution in [0.25, 0.3) is 11.6 Å². The van der Waals surface area contributed by atoms with Gasteiger partial charge in [0, 0.05) is 6.42 Å². The SMILES string of the molecule is CCCc1noc(-c2cn(CC3COc4ccccc4O3)nn2)n1. The number of rotatable bonds is 5. The van der Waals surface area contributed by atoms with Gasteiger partial charge in [-0.25, -0.2) is 4.68 Å². The number of hydrogen-bond acceptors (Lipinski definition) is 7. The lowest BCUT2D eigenvalue weighted by Gasteiger charge is -2.26. The van der Waals surface area contributed by atoms with Crippen LogP contribution in [0.15, 0.2) is 35.0 Å². The van der Waals surface area contributed by atoms with Crippen LogP contribution in [0.1, 0.15) is 19.2 Å². The third kappa shape index (κ3) is 2.94. The molecular weight excluding hydrogens is 310 g/mol. The van der Waals surface area contributed by atoms with Crippen molar-refractivity contribution in [2.75, 3.05) is 6.61 Å². The van der Waals surface area contributed by atoms with Gasteiger partial charge in [0.25, 0.3) is 5.89 Å². The highest BCUT2D eigenvalue weighted by Gasteiger charge is 2.22. The zero-order valence-corrected chi connectivity index (χ0v) is 13.3. The van der Waals surface area contributed by atoms with E-state index in [2.05, 4.69) is 27.4 Å². The molecule has 0 saturated carbocycles. The van der Waals surface area contributed by atoms with Crippen molar-refractivity contribution in [3.63, 3.8) is 0 Å². The molecule has 0 aliphatic carbocycles. The Morgan fingerprint density at radius 3 is 3.00 bits per heavy atom. The van der Waals surface area contributed by atoms with E-state index in [-0.39, 0.29) is 6.10 Å². The number of benzene rings is 1. The first-order valence-electron chi connectivity index (χ1n) is 7.93. The van der Waals surface area contributed by atoms with Gasteiger partial charge in [-0.2, -0.15) is 4.98 Å². The molecule has 1 atom stereocenters. The summed E-state index contributed by atoms with van der Waals surface area (Å²) in [5.74, 6) is 2.58. The molecule has 0 amide bonds. The summed E-state index contributed by atoms with van der Waals surface area (Å²) in [4.78, 5) is 4.31. The quantitative estimate of drug-likeness (QED) is 0.709. The topological polar surface area (TPSA) is 88.1 Å². The van der Waals surface area contributed by atoms with E-state index in [1.807, 2.05) is 24.3 Å². The highest BCUT2D eigenvalue weighted by molar-refractivity contribution is 5.43. The second kappa shape index (κ2) is 6.31. The Morgan fingerprint density at radius 2 is 2.12 bits per heavy atom. The molecule has 124 valence electrons. The van der Waals surface area contributed by atoms with Gasteiger partial charge in [0.1, 0.15) is 6.61 Å². The molecule has 2 aromatic heterocycles. The maximum Gasteiger partial charge on any atom is 0.280 e. The molecule has 0 spiro atoms. The van der Waals surface area contributed by atoms with Crippen LogP contribution in [0, 0.1) is 0 Å². The molecule has 0 fully saturated rings.